The summed E-state index contributed by atoms with van der Waals surface area (Å²) in [6.07, 6.45) is 17.3. The molecule has 0 aromatic carbocycles. The van der Waals surface area contributed by atoms with Crippen molar-refractivity contribution in [2.24, 2.45) is 46.3 Å². The van der Waals surface area contributed by atoms with Crippen molar-refractivity contribution in [1.29, 1.82) is 0 Å². The van der Waals surface area contributed by atoms with Crippen molar-refractivity contribution in [3.05, 3.63) is 0 Å². The van der Waals surface area contributed by atoms with Gasteiger partial charge in [-0.15, -0.1) is 0 Å². The molecule has 0 aromatic heterocycles. The minimum atomic E-state index is 0.300. The van der Waals surface area contributed by atoms with E-state index >= 15 is 0 Å². The van der Waals surface area contributed by atoms with Gasteiger partial charge in [-0.2, -0.15) is 0 Å². The maximum atomic E-state index is 9.33. The molecule has 5 fully saturated rings. The predicted octanol–water partition coefficient (Wildman–Crippen LogP) is 6.60. The molecule has 1 spiro atoms. The van der Waals surface area contributed by atoms with E-state index in [2.05, 4.69) is 27.7 Å². The summed E-state index contributed by atoms with van der Waals surface area (Å²) in [5.74, 6) is 5.05. The molecule has 0 amide bonds. The molecule has 0 bridgehead atoms. The molecular weight excluding hydrogens is 356 g/mol. The topological polar surface area (TPSA) is 32.8 Å². The van der Waals surface area contributed by atoms with Crippen LogP contribution in [0, 0.1) is 46.3 Å². The van der Waals surface area contributed by atoms with Gasteiger partial charge in [-0.1, -0.05) is 53.4 Å². The Morgan fingerprint density at radius 2 is 1.76 bits per heavy atom. The van der Waals surface area contributed by atoms with Crippen LogP contribution in [0.15, 0.2) is 0 Å². The summed E-state index contributed by atoms with van der Waals surface area (Å²) in [7, 11) is 0. The third kappa shape index (κ3) is 2.94. The number of aliphatic hydroxyl groups is 1. The normalized spacial score (nSPS) is 52.7. The predicted molar refractivity (Wildman–Crippen MR) is 119 cm³/mol. The summed E-state index contributed by atoms with van der Waals surface area (Å²) in [4.78, 5) is 0. The Balaban J connectivity index is 1.30. The Morgan fingerprint density at radius 3 is 2.55 bits per heavy atom. The Morgan fingerprint density at radius 1 is 0.966 bits per heavy atom. The van der Waals surface area contributed by atoms with Crippen LogP contribution in [-0.4, -0.2) is 23.4 Å². The lowest BCUT2D eigenvalue weighted by molar-refractivity contribution is -0.100. The minimum absolute atomic E-state index is 0.300. The molecule has 1 aliphatic heterocycles. The van der Waals surface area contributed by atoms with E-state index in [1.807, 2.05) is 0 Å². The first-order valence-electron chi connectivity index (χ1n) is 13.1. The highest BCUT2D eigenvalue weighted by Gasteiger charge is 2.75. The second kappa shape index (κ2) is 7.22. The zero-order valence-corrected chi connectivity index (χ0v) is 19.6. The van der Waals surface area contributed by atoms with Crippen molar-refractivity contribution in [1.82, 2.24) is 0 Å². The first-order chi connectivity index (χ1) is 13.9. The maximum Gasteiger partial charge on any atom is 0.100 e. The van der Waals surface area contributed by atoms with E-state index in [0.29, 0.717) is 35.1 Å². The van der Waals surface area contributed by atoms with Gasteiger partial charge in [0, 0.05) is 12.0 Å². The van der Waals surface area contributed by atoms with Crippen molar-refractivity contribution >= 4 is 0 Å². The summed E-state index contributed by atoms with van der Waals surface area (Å²) in [5.41, 5.74) is 1.35. The van der Waals surface area contributed by atoms with E-state index in [-0.39, 0.29) is 0 Å². The van der Waals surface area contributed by atoms with Gasteiger partial charge in [-0.25, -0.2) is 0 Å². The van der Waals surface area contributed by atoms with Crippen LogP contribution in [0.25, 0.3) is 0 Å². The number of ether oxygens (including phenoxy) is 1. The minimum Gasteiger partial charge on any atom is -0.396 e. The van der Waals surface area contributed by atoms with Crippen LogP contribution in [0.2, 0.25) is 0 Å². The van der Waals surface area contributed by atoms with Crippen LogP contribution in [0.1, 0.15) is 105 Å². The fourth-order valence-electron chi connectivity index (χ4n) is 9.77. The van der Waals surface area contributed by atoms with Gasteiger partial charge in [0.15, 0.2) is 0 Å². The smallest absolute Gasteiger partial charge is 0.100 e. The van der Waals surface area contributed by atoms with Gasteiger partial charge < -0.3 is 9.84 Å². The van der Waals surface area contributed by atoms with Crippen molar-refractivity contribution in [3.8, 4) is 0 Å². The van der Waals surface area contributed by atoms with Crippen LogP contribution in [0.5, 0.6) is 0 Å². The first-order valence-corrected chi connectivity index (χ1v) is 13.1. The van der Waals surface area contributed by atoms with Gasteiger partial charge >= 0.3 is 0 Å². The summed E-state index contributed by atoms with van der Waals surface area (Å²) in [5, 5.41) is 9.33. The molecule has 0 radical (unpaired) electrons. The van der Waals surface area contributed by atoms with E-state index in [0.717, 1.165) is 29.6 Å². The summed E-state index contributed by atoms with van der Waals surface area (Å²) in [6.45, 7) is 10.4. The summed E-state index contributed by atoms with van der Waals surface area (Å²) >= 11 is 0. The second-order valence-corrected chi connectivity index (χ2v) is 12.7. The average molecular weight is 403 g/mol. The fourth-order valence-corrected chi connectivity index (χ4v) is 9.77. The number of hydrogen-bond acceptors (Lipinski definition) is 2. The largest absolute Gasteiger partial charge is 0.396 e. The highest BCUT2D eigenvalue weighted by Crippen LogP contribution is 2.74. The van der Waals surface area contributed by atoms with Gasteiger partial charge in [0.25, 0.3) is 0 Å². The number of epoxide rings is 1. The van der Waals surface area contributed by atoms with Crippen LogP contribution < -0.4 is 0 Å². The zero-order chi connectivity index (χ0) is 20.4. The highest BCUT2D eigenvalue weighted by atomic mass is 16.6. The monoisotopic (exact) mass is 402 g/mol. The Bertz CT molecular complexity index is 618. The van der Waals surface area contributed by atoms with Crippen LogP contribution in [0.4, 0.5) is 0 Å². The summed E-state index contributed by atoms with van der Waals surface area (Å²) in [6, 6.07) is 0. The Labute approximate surface area is 179 Å². The third-order valence-corrected chi connectivity index (χ3v) is 11.4. The standard InChI is InChI=1S/C27H46O2/c1-18(17-28)8-7-9-19(2)21-10-11-22-20-16-24-27(29-24)14-6-5-13-26(27,4)23(20)12-15-25(21,22)3/h18-24,28H,5-17H2,1-4H3/t18?,19-,20+,21-,22+,23+,24-,25-,26-,27-/m1/s1. The quantitative estimate of drug-likeness (QED) is 0.508. The summed E-state index contributed by atoms with van der Waals surface area (Å²) < 4.78 is 6.59. The number of rotatable bonds is 6. The van der Waals surface area contributed by atoms with E-state index in [9.17, 15) is 5.11 Å². The van der Waals surface area contributed by atoms with Crippen molar-refractivity contribution in [3.63, 3.8) is 0 Å². The van der Waals surface area contributed by atoms with E-state index in [1.54, 1.807) is 0 Å². The SMILES string of the molecule is CC(CO)CCC[C@@H](C)[C@H]1CC[C@H]2[C@@H]3C[C@H]4O[C@]45CCCC[C@]5(C)[C@H]3CC[C@]12C. The molecule has 10 atom stereocenters. The average Bonchev–Trinajstić information content (AvgIpc) is 3.29. The molecule has 4 aliphatic carbocycles. The van der Waals surface area contributed by atoms with Gasteiger partial charge in [-0.3, -0.25) is 0 Å². The molecule has 4 saturated carbocycles. The van der Waals surface area contributed by atoms with Crippen LogP contribution in [-0.2, 0) is 4.74 Å². The molecule has 2 heteroatoms. The Kier molecular flexibility index (Phi) is 5.18. The number of hydrogen-bond donors (Lipinski definition) is 1. The molecule has 1 unspecified atom stereocenters. The zero-order valence-electron chi connectivity index (χ0n) is 19.6. The molecule has 29 heavy (non-hydrogen) atoms. The van der Waals surface area contributed by atoms with Gasteiger partial charge in [0.2, 0.25) is 0 Å². The molecular formula is C27H46O2. The van der Waals surface area contributed by atoms with Crippen molar-refractivity contribution < 1.29 is 9.84 Å². The number of aliphatic hydroxyl groups excluding tert-OH is 1. The molecule has 0 aromatic rings. The lowest BCUT2D eigenvalue weighted by atomic mass is 9.44. The maximum absolute atomic E-state index is 9.33. The van der Waals surface area contributed by atoms with Crippen LogP contribution in [0.3, 0.4) is 0 Å². The molecule has 2 nitrogen and oxygen atoms in total. The molecule has 1 saturated heterocycles. The van der Waals surface area contributed by atoms with E-state index in [1.165, 1.54) is 77.0 Å². The third-order valence-electron chi connectivity index (χ3n) is 11.4. The first kappa shape index (κ1) is 20.8. The number of fused-ring (bicyclic) bond motifs is 4. The Hall–Kier alpha value is -0.0800. The molecule has 5 aliphatic rings. The fraction of sp³-hybridized carbons (Fsp3) is 1.00. The van der Waals surface area contributed by atoms with Gasteiger partial charge in [0.05, 0.1) is 6.10 Å². The van der Waals surface area contributed by atoms with Crippen molar-refractivity contribution in [2.75, 3.05) is 6.61 Å². The highest BCUT2D eigenvalue weighted by molar-refractivity contribution is 5.23. The van der Waals surface area contributed by atoms with Crippen LogP contribution >= 0.6 is 0 Å². The lowest BCUT2D eigenvalue weighted by Crippen LogP contribution is -2.57. The van der Waals surface area contributed by atoms with Crippen molar-refractivity contribution in [2.45, 2.75) is 116 Å². The van der Waals surface area contributed by atoms with E-state index < -0.39 is 0 Å². The molecule has 166 valence electrons. The van der Waals surface area contributed by atoms with Gasteiger partial charge in [0.1, 0.15) is 5.60 Å². The molecule has 1 N–H and O–H groups in total. The molecule has 1 heterocycles. The lowest BCUT2D eigenvalue weighted by Gasteiger charge is -2.59. The van der Waals surface area contributed by atoms with E-state index in [4.69, 9.17) is 4.74 Å². The van der Waals surface area contributed by atoms with Gasteiger partial charge in [-0.05, 0) is 92.3 Å². The second-order valence-electron chi connectivity index (χ2n) is 12.7. The molecule has 5 rings (SSSR count).